The van der Waals surface area contributed by atoms with Crippen molar-refractivity contribution in [2.24, 2.45) is 0 Å². The Hall–Kier alpha value is -1.00. The Morgan fingerprint density at radius 2 is 1.93 bits per heavy atom. The number of nitrogens with zero attached hydrogens (tertiary/aromatic N) is 2. The maximum absolute atomic E-state index is 12.0. The Morgan fingerprint density at radius 3 is 2.29 bits per heavy atom. The zero-order valence-electron chi connectivity index (χ0n) is 8.31. The van der Waals surface area contributed by atoms with Crippen LogP contribution in [0.3, 0.4) is 0 Å². The van der Waals surface area contributed by atoms with Gasteiger partial charge in [0, 0.05) is 5.41 Å². The second-order valence-corrected chi connectivity index (χ2v) is 4.18. The molecule has 0 saturated carbocycles. The van der Waals surface area contributed by atoms with Gasteiger partial charge in [-0.25, -0.2) is 0 Å². The molecule has 2 nitrogen and oxygen atoms in total. The molecule has 1 aromatic heterocycles. The zero-order chi connectivity index (χ0) is 11.0. The maximum atomic E-state index is 12.0. The fourth-order valence-electron chi connectivity index (χ4n) is 0.941. The summed E-state index contributed by atoms with van der Waals surface area (Å²) in [7, 11) is 0. The van der Waals surface area contributed by atoms with Crippen molar-refractivity contribution >= 4 is 0 Å². The van der Waals surface area contributed by atoms with Gasteiger partial charge in [-0.1, -0.05) is 20.8 Å². The Bertz CT molecular complexity index is 307. The van der Waals surface area contributed by atoms with Gasteiger partial charge in [-0.15, -0.1) is 0 Å². The summed E-state index contributed by atoms with van der Waals surface area (Å²) in [6.45, 7) is 4.59. The van der Waals surface area contributed by atoms with Gasteiger partial charge in [-0.3, -0.25) is 4.68 Å². The average molecular weight is 205 g/mol. The van der Waals surface area contributed by atoms with E-state index in [2.05, 4.69) is 11.3 Å². The van der Waals surface area contributed by atoms with Crippen LogP contribution in [0.25, 0.3) is 0 Å². The number of alkyl halides is 3. The van der Waals surface area contributed by atoms with Gasteiger partial charge in [0.05, 0.1) is 11.9 Å². The number of halogens is 3. The number of aromatic nitrogens is 2. The summed E-state index contributed by atoms with van der Waals surface area (Å²) in [4.78, 5) is 0. The van der Waals surface area contributed by atoms with E-state index >= 15 is 0 Å². The highest BCUT2D eigenvalue weighted by molar-refractivity contribution is 5.09. The molecule has 0 aliphatic rings. The number of rotatable bonds is 1. The summed E-state index contributed by atoms with van der Waals surface area (Å²) in [6.07, 6.45) is -1.78. The molecular weight excluding hydrogens is 193 g/mol. The Balaban J connectivity index is 2.79. The predicted octanol–water partition coefficient (Wildman–Crippen LogP) is 2.54. The van der Waals surface area contributed by atoms with Gasteiger partial charge >= 0.3 is 6.18 Å². The summed E-state index contributed by atoms with van der Waals surface area (Å²) in [5, 5.41) is 3.81. The molecule has 1 aromatic rings. The predicted molar refractivity (Wildman–Crippen MR) is 45.8 cm³/mol. The van der Waals surface area contributed by atoms with E-state index in [0.29, 0.717) is 5.69 Å². The van der Waals surface area contributed by atoms with E-state index in [9.17, 15) is 13.2 Å². The minimum atomic E-state index is -4.24. The zero-order valence-corrected chi connectivity index (χ0v) is 8.31. The second kappa shape index (κ2) is 3.29. The molecule has 0 aromatic carbocycles. The van der Waals surface area contributed by atoms with E-state index in [1.165, 1.54) is 6.07 Å². The van der Waals surface area contributed by atoms with Gasteiger partial charge in [0.15, 0.2) is 0 Å². The van der Waals surface area contributed by atoms with Crippen molar-refractivity contribution in [3.63, 3.8) is 0 Å². The first kappa shape index (κ1) is 11.1. The third kappa shape index (κ3) is 3.05. The normalized spacial score (nSPS) is 13.3. The fourth-order valence-corrected chi connectivity index (χ4v) is 0.941. The van der Waals surface area contributed by atoms with Crippen LogP contribution in [-0.2, 0) is 12.0 Å². The molecule has 0 amide bonds. The highest BCUT2D eigenvalue weighted by Gasteiger charge is 2.29. The van der Waals surface area contributed by atoms with Crippen molar-refractivity contribution in [2.45, 2.75) is 38.9 Å². The van der Waals surface area contributed by atoms with Crippen molar-refractivity contribution < 1.29 is 13.2 Å². The van der Waals surface area contributed by atoms with Gasteiger partial charge < -0.3 is 0 Å². The lowest BCUT2D eigenvalue weighted by Gasteiger charge is -2.14. The SMILES string of the molecule is CC(C)(C)c1c[c]n(CC(F)(F)F)n1. The monoisotopic (exact) mass is 205 g/mol. The molecule has 0 N–H and O–H groups in total. The summed E-state index contributed by atoms with van der Waals surface area (Å²) < 4.78 is 36.7. The van der Waals surface area contributed by atoms with Gasteiger partial charge in [-0.2, -0.15) is 18.3 Å². The molecule has 0 bridgehead atoms. The van der Waals surface area contributed by atoms with Gasteiger partial charge in [0.25, 0.3) is 0 Å². The van der Waals surface area contributed by atoms with Crippen LogP contribution in [0.4, 0.5) is 13.2 Å². The van der Waals surface area contributed by atoms with Crippen molar-refractivity contribution in [3.05, 3.63) is 18.0 Å². The summed E-state index contributed by atoms with van der Waals surface area (Å²) in [5.74, 6) is 0. The van der Waals surface area contributed by atoms with Crippen LogP contribution in [0, 0.1) is 6.20 Å². The summed E-state index contributed by atoms with van der Waals surface area (Å²) in [6, 6.07) is 1.49. The molecule has 14 heavy (non-hydrogen) atoms. The topological polar surface area (TPSA) is 17.8 Å². The van der Waals surface area contributed by atoms with E-state index in [0.717, 1.165) is 4.68 Å². The highest BCUT2D eigenvalue weighted by Crippen LogP contribution is 2.21. The van der Waals surface area contributed by atoms with E-state index in [1.807, 2.05) is 20.8 Å². The van der Waals surface area contributed by atoms with Crippen LogP contribution < -0.4 is 0 Å². The quantitative estimate of drug-likeness (QED) is 0.688. The van der Waals surface area contributed by atoms with Gasteiger partial charge in [-0.05, 0) is 6.07 Å². The molecule has 0 spiro atoms. The lowest BCUT2D eigenvalue weighted by atomic mass is 9.93. The lowest BCUT2D eigenvalue weighted by Crippen LogP contribution is -2.19. The molecule has 0 aliphatic heterocycles. The first-order valence-corrected chi connectivity index (χ1v) is 4.21. The fraction of sp³-hybridized carbons (Fsp3) is 0.667. The molecule has 1 heterocycles. The number of hydrogen-bond acceptors (Lipinski definition) is 1. The molecule has 0 fully saturated rings. The van der Waals surface area contributed by atoms with Crippen LogP contribution in [-0.4, -0.2) is 16.0 Å². The van der Waals surface area contributed by atoms with E-state index in [4.69, 9.17) is 0 Å². The standard InChI is InChI=1S/C9H12F3N2/c1-8(2,3)7-4-5-14(13-7)6-9(10,11)12/h4H,6H2,1-3H3. The van der Waals surface area contributed by atoms with Crippen molar-refractivity contribution in [1.82, 2.24) is 9.78 Å². The van der Waals surface area contributed by atoms with Gasteiger partial charge in [0.2, 0.25) is 0 Å². The molecule has 5 heteroatoms. The maximum Gasteiger partial charge on any atom is 0.408 e. The first-order valence-electron chi connectivity index (χ1n) is 4.21. The van der Waals surface area contributed by atoms with Crippen LogP contribution in [0.5, 0.6) is 0 Å². The molecule has 0 aliphatic carbocycles. The third-order valence-electron chi connectivity index (χ3n) is 1.68. The van der Waals surface area contributed by atoms with E-state index in [-0.39, 0.29) is 5.41 Å². The van der Waals surface area contributed by atoms with Gasteiger partial charge in [0.1, 0.15) is 6.54 Å². The molecule has 1 radical (unpaired) electrons. The first-order chi connectivity index (χ1) is 6.18. The van der Waals surface area contributed by atoms with E-state index in [1.54, 1.807) is 0 Å². The Kier molecular flexibility index (Phi) is 2.61. The van der Waals surface area contributed by atoms with Crippen LogP contribution in [0.2, 0.25) is 0 Å². The Morgan fingerprint density at radius 1 is 1.36 bits per heavy atom. The smallest absolute Gasteiger partial charge is 0.254 e. The van der Waals surface area contributed by atoms with Crippen LogP contribution in [0.15, 0.2) is 6.07 Å². The third-order valence-corrected chi connectivity index (χ3v) is 1.68. The van der Waals surface area contributed by atoms with Crippen molar-refractivity contribution in [1.29, 1.82) is 0 Å². The molecule has 0 unspecified atom stereocenters. The summed E-state index contributed by atoms with van der Waals surface area (Å²) >= 11 is 0. The van der Waals surface area contributed by atoms with E-state index < -0.39 is 12.7 Å². The lowest BCUT2D eigenvalue weighted by molar-refractivity contribution is -0.142. The minimum absolute atomic E-state index is 0.243. The molecule has 1 rings (SSSR count). The molecule has 0 atom stereocenters. The molecule has 79 valence electrons. The Labute approximate surface area is 80.7 Å². The van der Waals surface area contributed by atoms with Crippen molar-refractivity contribution in [2.75, 3.05) is 0 Å². The van der Waals surface area contributed by atoms with Crippen LogP contribution in [0.1, 0.15) is 26.5 Å². The highest BCUT2D eigenvalue weighted by atomic mass is 19.4. The molecular formula is C9H12F3N2. The van der Waals surface area contributed by atoms with Crippen molar-refractivity contribution in [3.8, 4) is 0 Å². The minimum Gasteiger partial charge on any atom is -0.254 e. The summed E-state index contributed by atoms with van der Waals surface area (Å²) in [5.41, 5.74) is 0.370. The largest absolute Gasteiger partial charge is 0.408 e. The molecule has 0 saturated heterocycles. The number of hydrogen-bond donors (Lipinski definition) is 0. The van der Waals surface area contributed by atoms with Crippen LogP contribution >= 0.6 is 0 Å². The average Bonchev–Trinajstić information content (AvgIpc) is 2.29. The second-order valence-electron chi connectivity index (χ2n) is 4.18.